The van der Waals surface area contributed by atoms with Crippen molar-refractivity contribution in [3.05, 3.63) is 22.8 Å². The molecule has 0 aliphatic rings. The van der Waals surface area contributed by atoms with Crippen LogP contribution in [0.1, 0.15) is 23.1 Å². The second kappa shape index (κ2) is 5.75. The summed E-state index contributed by atoms with van der Waals surface area (Å²) in [6.45, 7) is 7.92. The molecule has 0 spiro atoms. The van der Waals surface area contributed by atoms with Gasteiger partial charge in [-0.05, 0) is 56.5 Å². The zero-order chi connectivity index (χ0) is 12.1. The molecule has 3 N–H and O–H groups in total. The number of ether oxygens (including phenoxy) is 1. The van der Waals surface area contributed by atoms with Crippen molar-refractivity contribution in [3.8, 4) is 5.75 Å². The first-order valence-corrected chi connectivity index (χ1v) is 5.70. The van der Waals surface area contributed by atoms with Gasteiger partial charge in [0.1, 0.15) is 5.75 Å². The highest BCUT2D eigenvalue weighted by molar-refractivity contribution is 5.61. The van der Waals surface area contributed by atoms with Gasteiger partial charge in [-0.1, -0.05) is 0 Å². The van der Waals surface area contributed by atoms with Crippen LogP contribution in [0.15, 0.2) is 6.07 Å². The Morgan fingerprint density at radius 3 is 2.50 bits per heavy atom. The summed E-state index contributed by atoms with van der Waals surface area (Å²) in [7, 11) is 1.72. The van der Waals surface area contributed by atoms with E-state index in [0.717, 1.165) is 25.3 Å². The monoisotopic (exact) mass is 222 g/mol. The maximum Gasteiger partial charge on any atom is 0.125 e. The minimum atomic E-state index is 0.722. The van der Waals surface area contributed by atoms with Crippen LogP contribution in [0.3, 0.4) is 0 Å². The molecular formula is C13H22N2O. The molecule has 0 fully saturated rings. The molecule has 90 valence electrons. The SMILES string of the molecule is COc1c(C)cc(NCCCN)c(C)c1C. The van der Waals surface area contributed by atoms with Crippen LogP contribution in [0.5, 0.6) is 5.75 Å². The Morgan fingerprint density at radius 2 is 1.94 bits per heavy atom. The molecule has 0 amide bonds. The van der Waals surface area contributed by atoms with Crippen molar-refractivity contribution in [1.82, 2.24) is 0 Å². The van der Waals surface area contributed by atoms with Crippen LogP contribution in [0.2, 0.25) is 0 Å². The Balaban J connectivity index is 2.94. The summed E-state index contributed by atoms with van der Waals surface area (Å²) >= 11 is 0. The Hall–Kier alpha value is -1.22. The molecule has 0 aliphatic carbocycles. The molecular weight excluding hydrogens is 200 g/mol. The number of benzene rings is 1. The van der Waals surface area contributed by atoms with Gasteiger partial charge in [-0.25, -0.2) is 0 Å². The highest BCUT2D eigenvalue weighted by atomic mass is 16.5. The van der Waals surface area contributed by atoms with Gasteiger partial charge in [0.05, 0.1) is 7.11 Å². The second-order valence-electron chi connectivity index (χ2n) is 4.09. The summed E-state index contributed by atoms with van der Waals surface area (Å²) < 4.78 is 5.39. The number of hydrogen-bond donors (Lipinski definition) is 2. The fourth-order valence-corrected chi connectivity index (χ4v) is 1.88. The molecule has 16 heavy (non-hydrogen) atoms. The van der Waals surface area contributed by atoms with Crippen LogP contribution >= 0.6 is 0 Å². The van der Waals surface area contributed by atoms with E-state index in [9.17, 15) is 0 Å². The number of nitrogens with one attached hydrogen (secondary N) is 1. The average molecular weight is 222 g/mol. The highest BCUT2D eigenvalue weighted by Crippen LogP contribution is 2.31. The summed E-state index contributed by atoms with van der Waals surface area (Å²) in [6.07, 6.45) is 0.990. The van der Waals surface area contributed by atoms with Gasteiger partial charge in [-0.3, -0.25) is 0 Å². The van der Waals surface area contributed by atoms with Crippen molar-refractivity contribution < 1.29 is 4.74 Å². The zero-order valence-corrected chi connectivity index (χ0v) is 10.7. The summed E-state index contributed by atoms with van der Waals surface area (Å²) in [5, 5.41) is 3.41. The van der Waals surface area contributed by atoms with E-state index in [1.807, 2.05) is 0 Å². The number of methoxy groups -OCH3 is 1. The first kappa shape index (κ1) is 12.8. The molecule has 1 aromatic carbocycles. The molecule has 1 aromatic rings. The smallest absolute Gasteiger partial charge is 0.125 e. The van der Waals surface area contributed by atoms with E-state index in [2.05, 4.69) is 32.2 Å². The lowest BCUT2D eigenvalue weighted by Gasteiger charge is -2.16. The molecule has 0 atom stereocenters. The van der Waals surface area contributed by atoms with Crippen LogP contribution in [-0.4, -0.2) is 20.2 Å². The zero-order valence-electron chi connectivity index (χ0n) is 10.7. The van der Waals surface area contributed by atoms with Gasteiger partial charge >= 0.3 is 0 Å². The van der Waals surface area contributed by atoms with E-state index < -0.39 is 0 Å². The van der Waals surface area contributed by atoms with Crippen molar-refractivity contribution >= 4 is 5.69 Å². The van der Waals surface area contributed by atoms with E-state index in [0.29, 0.717) is 0 Å². The van der Waals surface area contributed by atoms with Crippen LogP contribution in [0, 0.1) is 20.8 Å². The van der Waals surface area contributed by atoms with Gasteiger partial charge in [0.25, 0.3) is 0 Å². The van der Waals surface area contributed by atoms with Crippen molar-refractivity contribution in [2.45, 2.75) is 27.2 Å². The Kier molecular flexibility index (Phi) is 4.62. The van der Waals surface area contributed by atoms with E-state index in [1.54, 1.807) is 7.11 Å². The van der Waals surface area contributed by atoms with Gasteiger partial charge < -0.3 is 15.8 Å². The first-order valence-electron chi connectivity index (χ1n) is 5.70. The summed E-state index contributed by atoms with van der Waals surface area (Å²) in [5.74, 6) is 0.988. The standard InChI is InChI=1S/C13H22N2O/c1-9-8-12(15-7-5-6-14)10(2)11(3)13(9)16-4/h8,15H,5-7,14H2,1-4H3. The lowest BCUT2D eigenvalue weighted by Crippen LogP contribution is -2.10. The van der Waals surface area contributed by atoms with Crippen molar-refractivity contribution in [1.29, 1.82) is 0 Å². The third-order valence-electron chi connectivity index (χ3n) is 2.93. The van der Waals surface area contributed by atoms with Crippen LogP contribution in [0.4, 0.5) is 5.69 Å². The topological polar surface area (TPSA) is 47.3 Å². The fourth-order valence-electron chi connectivity index (χ4n) is 1.88. The number of rotatable bonds is 5. The van der Waals surface area contributed by atoms with Crippen LogP contribution in [0.25, 0.3) is 0 Å². The fraction of sp³-hybridized carbons (Fsp3) is 0.538. The van der Waals surface area contributed by atoms with Crippen LogP contribution in [-0.2, 0) is 0 Å². The van der Waals surface area contributed by atoms with Crippen molar-refractivity contribution in [2.75, 3.05) is 25.5 Å². The van der Waals surface area contributed by atoms with Gasteiger partial charge in [-0.15, -0.1) is 0 Å². The Labute approximate surface area is 98.0 Å². The van der Waals surface area contributed by atoms with E-state index >= 15 is 0 Å². The van der Waals surface area contributed by atoms with Crippen molar-refractivity contribution in [3.63, 3.8) is 0 Å². The average Bonchev–Trinajstić information content (AvgIpc) is 2.26. The maximum absolute atomic E-state index is 5.48. The molecule has 0 heterocycles. The minimum absolute atomic E-state index is 0.722. The number of aryl methyl sites for hydroxylation is 1. The quantitative estimate of drug-likeness (QED) is 0.752. The predicted octanol–water partition coefficient (Wildman–Crippen LogP) is 2.38. The summed E-state index contributed by atoms with van der Waals surface area (Å²) in [5.41, 5.74) is 10.3. The molecule has 3 heteroatoms. The molecule has 0 aliphatic heterocycles. The van der Waals surface area contributed by atoms with Crippen LogP contribution < -0.4 is 15.8 Å². The molecule has 3 nitrogen and oxygen atoms in total. The molecule has 0 unspecified atom stereocenters. The second-order valence-corrected chi connectivity index (χ2v) is 4.09. The third kappa shape index (κ3) is 2.67. The van der Waals surface area contributed by atoms with Gasteiger partial charge in [-0.2, -0.15) is 0 Å². The first-order chi connectivity index (χ1) is 7.61. The minimum Gasteiger partial charge on any atom is -0.496 e. The molecule has 0 radical (unpaired) electrons. The van der Waals surface area contributed by atoms with E-state index in [4.69, 9.17) is 10.5 Å². The van der Waals surface area contributed by atoms with Gasteiger partial charge in [0.2, 0.25) is 0 Å². The van der Waals surface area contributed by atoms with E-state index in [-0.39, 0.29) is 0 Å². The largest absolute Gasteiger partial charge is 0.496 e. The van der Waals surface area contributed by atoms with Crippen molar-refractivity contribution in [2.24, 2.45) is 5.73 Å². The molecule has 0 saturated heterocycles. The lowest BCUT2D eigenvalue weighted by molar-refractivity contribution is 0.408. The Bertz CT molecular complexity index is 361. The normalized spacial score (nSPS) is 10.3. The Morgan fingerprint density at radius 1 is 1.25 bits per heavy atom. The van der Waals surface area contributed by atoms with E-state index in [1.165, 1.54) is 22.4 Å². The summed E-state index contributed by atoms with van der Waals surface area (Å²) in [4.78, 5) is 0. The molecule has 0 saturated carbocycles. The maximum atomic E-state index is 5.48. The number of hydrogen-bond acceptors (Lipinski definition) is 3. The number of anilines is 1. The number of nitrogens with two attached hydrogens (primary N) is 1. The molecule has 0 bridgehead atoms. The molecule has 0 aromatic heterocycles. The highest BCUT2D eigenvalue weighted by Gasteiger charge is 2.09. The third-order valence-corrected chi connectivity index (χ3v) is 2.93. The van der Waals surface area contributed by atoms with Gasteiger partial charge in [0, 0.05) is 12.2 Å². The lowest BCUT2D eigenvalue weighted by atomic mass is 10.0. The molecule has 1 rings (SSSR count). The predicted molar refractivity (Wildman–Crippen MR) is 69.4 cm³/mol. The summed E-state index contributed by atoms with van der Waals surface area (Å²) in [6, 6.07) is 2.14. The van der Waals surface area contributed by atoms with Gasteiger partial charge in [0.15, 0.2) is 0 Å².